The smallest absolute Gasteiger partial charge is 0.254 e. The highest BCUT2D eigenvalue weighted by atomic mass is 35.5. The van der Waals surface area contributed by atoms with Crippen LogP contribution in [-0.4, -0.2) is 58.9 Å². The molecule has 134 valence electrons. The standard InChI is InChI=1S/C17H25N3O3.ClH/c1-3-12(2)15(18)17(23)20-9-7-19(8-10-20)16(22)13-5-4-6-14(21)11-13;/h4-6,11-12,15,21H,3,7-10,18H2,1-2H3;1H. The number of carbonyl (C=O) groups is 2. The lowest BCUT2D eigenvalue weighted by molar-refractivity contribution is -0.135. The van der Waals surface area contributed by atoms with Crippen LogP contribution in [0, 0.1) is 5.92 Å². The van der Waals surface area contributed by atoms with Crippen molar-refractivity contribution in [1.82, 2.24) is 9.80 Å². The van der Waals surface area contributed by atoms with Crippen molar-refractivity contribution in [3.8, 4) is 5.75 Å². The quantitative estimate of drug-likeness (QED) is 0.856. The third-order valence-corrected chi connectivity index (χ3v) is 4.51. The number of hydrogen-bond donors (Lipinski definition) is 2. The van der Waals surface area contributed by atoms with Crippen LogP contribution < -0.4 is 5.73 Å². The summed E-state index contributed by atoms with van der Waals surface area (Å²) in [5.74, 6) is 0.0571. The maximum Gasteiger partial charge on any atom is 0.254 e. The van der Waals surface area contributed by atoms with E-state index >= 15 is 0 Å². The summed E-state index contributed by atoms with van der Waals surface area (Å²) in [4.78, 5) is 28.2. The molecule has 0 saturated carbocycles. The van der Waals surface area contributed by atoms with Crippen LogP contribution >= 0.6 is 12.4 Å². The molecule has 0 spiro atoms. The first kappa shape index (κ1) is 20.3. The van der Waals surface area contributed by atoms with E-state index in [-0.39, 0.29) is 35.9 Å². The fourth-order valence-corrected chi connectivity index (χ4v) is 2.66. The molecule has 1 aromatic rings. The predicted octanol–water partition coefficient (Wildman–Crippen LogP) is 1.47. The maximum atomic E-state index is 12.4. The Morgan fingerprint density at radius 2 is 1.79 bits per heavy atom. The Labute approximate surface area is 149 Å². The molecule has 7 heteroatoms. The summed E-state index contributed by atoms with van der Waals surface area (Å²) in [6.45, 7) is 5.94. The molecule has 2 unspecified atom stereocenters. The van der Waals surface area contributed by atoms with Gasteiger partial charge in [0.2, 0.25) is 5.91 Å². The first-order valence-corrected chi connectivity index (χ1v) is 8.06. The molecule has 2 amide bonds. The number of phenolic OH excluding ortho intramolecular Hbond substituents is 1. The Morgan fingerprint density at radius 1 is 1.21 bits per heavy atom. The van der Waals surface area contributed by atoms with Gasteiger partial charge in [-0.3, -0.25) is 9.59 Å². The Hall–Kier alpha value is -1.79. The number of aromatic hydroxyl groups is 1. The lowest BCUT2D eigenvalue weighted by atomic mass is 9.98. The molecule has 2 atom stereocenters. The molecular formula is C17H26ClN3O3. The Morgan fingerprint density at radius 3 is 2.33 bits per heavy atom. The van der Waals surface area contributed by atoms with E-state index in [4.69, 9.17) is 5.73 Å². The molecule has 2 rings (SSSR count). The number of nitrogens with zero attached hydrogens (tertiary/aromatic N) is 2. The van der Waals surface area contributed by atoms with Crippen molar-refractivity contribution in [3.05, 3.63) is 29.8 Å². The molecule has 0 aliphatic carbocycles. The number of amides is 2. The van der Waals surface area contributed by atoms with E-state index in [1.807, 2.05) is 13.8 Å². The number of nitrogens with two attached hydrogens (primary N) is 1. The summed E-state index contributed by atoms with van der Waals surface area (Å²) < 4.78 is 0. The molecule has 0 aromatic heterocycles. The summed E-state index contributed by atoms with van der Waals surface area (Å²) in [7, 11) is 0. The molecule has 6 nitrogen and oxygen atoms in total. The van der Waals surface area contributed by atoms with Crippen molar-refractivity contribution in [1.29, 1.82) is 0 Å². The van der Waals surface area contributed by atoms with Crippen LogP contribution in [0.5, 0.6) is 5.75 Å². The number of phenols is 1. The van der Waals surface area contributed by atoms with Gasteiger partial charge in [-0.25, -0.2) is 0 Å². The molecule has 0 radical (unpaired) electrons. The zero-order chi connectivity index (χ0) is 17.0. The van der Waals surface area contributed by atoms with E-state index in [1.54, 1.807) is 21.9 Å². The van der Waals surface area contributed by atoms with Crippen molar-refractivity contribution in [3.63, 3.8) is 0 Å². The number of halogens is 1. The largest absolute Gasteiger partial charge is 0.508 e. The second kappa shape index (κ2) is 8.89. The first-order chi connectivity index (χ1) is 10.9. The molecule has 24 heavy (non-hydrogen) atoms. The molecule has 1 aliphatic heterocycles. The highest BCUT2D eigenvalue weighted by Crippen LogP contribution is 2.15. The van der Waals surface area contributed by atoms with Gasteiger partial charge in [0.1, 0.15) is 5.75 Å². The third-order valence-electron chi connectivity index (χ3n) is 4.51. The number of benzene rings is 1. The first-order valence-electron chi connectivity index (χ1n) is 8.06. The second-order valence-corrected chi connectivity index (χ2v) is 6.08. The molecular weight excluding hydrogens is 330 g/mol. The van der Waals surface area contributed by atoms with Gasteiger partial charge in [-0.15, -0.1) is 12.4 Å². The lowest BCUT2D eigenvalue weighted by Crippen LogP contribution is -2.55. The topological polar surface area (TPSA) is 86.9 Å². The summed E-state index contributed by atoms with van der Waals surface area (Å²) in [6.07, 6.45) is 0.864. The molecule has 1 aromatic carbocycles. The van der Waals surface area contributed by atoms with Crippen molar-refractivity contribution in [2.45, 2.75) is 26.3 Å². The van der Waals surface area contributed by atoms with E-state index in [0.717, 1.165) is 6.42 Å². The second-order valence-electron chi connectivity index (χ2n) is 6.08. The van der Waals surface area contributed by atoms with Gasteiger partial charge in [-0.2, -0.15) is 0 Å². The molecule has 1 saturated heterocycles. The third kappa shape index (κ3) is 4.61. The van der Waals surface area contributed by atoms with Crippen molar-refractivity contribution in [2.24, 2.45) is 11.7 Å². The fraction of sp³-hybridized carbons (Fsp3) is 0.529. The van der Waals surface area contributed by atoms with Gasteiger partial charge in [0.15, 0.2) is 0 Å². The number of carbonyl (C=O) groups excluding carboxylic acids is 2. The lowest BCUT2D eigenvalue weighted by Gasteiger charge is -2.36. The Kier molecular flexibility index (Phi) is 7.51. The summed E-state index contributed by atoms with van der Waals surface area (Å²) in [5.41, 5.74) is 6.46. The van der Waals surface area contributed by atoms with Gasteiger partial charge in [0.05, 0.1) is 6.04 Å². The minimum Gasteiger partial charge on any atom is -0.508 e. The molecule has 1 aliphatic rings. The van der Waals surface area contributed by atoms with Gasteiger partial charge >= 0.3 is 0 Å². The van der Waals surface area contributed by atoms with E-state index in [1.165, 1.54) is 12.1 Å². The van der Waals surface area contributed by atoms with Crippen LogP contribution in [0.3, 0.4) is 0 Å². The minimum absolute atomic E-state index is 0. The summed E-state index contributed by atoms with van der Waals surface area (Å²) >= 11 is 0. The number of rotatable bonds is 4. The molecule has 1 heterocycles. The van der Waals surface area contributed by atoms with Crippen LogP contribution in [0.25, 0.3) is 0 Å². The monoisotopic (exact) mass is 355 g/mol. The van der Waals surface area contributed by atoms with E-state index in [9.17, 15) is 14.7 Å². The highest BCUT2D eigenvalue weighted by molar-refractivity contribution is 5.94. The zero-order valence-corrected chi connectivity index (χ0v) is 15.0. The van der Waals surface area contributed by atoms with E-state index in [2.05, 4.69) is 0 Å². The predicted molar refractivity (Wildman–Crippen MR) is 95.3 cm³/mol. The van der Waals surface area contributed by atoms with Gasteiger partial charge in [-0.1, -0.05) is 26.3 Å². The van der Waals surface area contributed by atoms with Crippen LogP contribution in [0.4, 0.5) is 0 Å². The van der Waals surface area contributed by atoms with E-state index < -0.39 is 6.04 Å². The average Bonchev–Trinajstić information content (AvgIpc) is 2.59. The summed E-state index contributed by atoms with van der Waals surface area (Å²) in [6, 6.07) is 5.84. The van der Waals surface area contributed by atoms with Crippen LogP contribution in [0.15, 0.2) is 24.3 Å². The molecule has 3 N–H and O–H groups in total. The Bertz CT molecular complexity index is 574. The van der Waals surface area contributed by atoms with Gasteiger partial charge in [0, 0.05) is 31.7 Å². The van der Waals surface area contributed by atoms with Gasteiger partial charge in [-0.05, 0) is 24.1 Å². The molecule has 0 bridgehead atoms. The van der Waals surface area contributed by atoms with E-state index in [0.29, 0.717) is 31.7 Å². The van der Waals surface area contributed by atoms with Crippen molar-refractivity contribution < 1.29 is 14.7 Å². The number of piperazine rings is 1. The minimum atomic E-state index is -0.478. The SMILES string of the molecule is CCC(C)C(N)C(=O)N1CCN(C(=O)c2cccc(O)c2)CC1.Cl. The normalized spacial score (nSPS) is 17.0. The molecule has 1 fully saturated rings. The van der Waals surface area contributed by atoms with Crippen LogP contribution in [-0.2, 0) is 4.79 Å². The van der Waals surface area contributed by atoms with Gasteiger partial charge < -0.3 is 20.6 Å². The number of hydrogen-bond acceptors (Lipinski definition) is 4. The Balaban J connectivity index is 0.00000288. The average molecular weight is 356 g/mol. The maximum absolute atomic E-state index is 12.4. The van der Waals surface area contributed by atoms with Crippen molar-refractivity contribution in [2.75, 3.05) is 26.2 Å². The van der Waals surface area contributed by atoms with Crippen molar-refractivity contribution >= 4 is 24.2 Å². The van der Waals surface area contributed by atoms with Crippen LogP contribution in [0.1, 0.15) is 30.6 Å². The zero-order valence-electron chi connectivity index (χ0n) is 14.1. The van der Waals surface area contributed by atoms with Gasteiger partial charge in [0.25, 0.3) is 5.91 Å². The van der Waals surface area contributed by atoms with Crippen LogP contribution in [0.2, 0.25) is 0 Å². The highest BCUT2D eigenvalue weighted by Gasteiger charge is 2.29. The summed E-state index contributed by atoms with van der Waals surface area (Å²) in [5, 5.41) is 9.47. The fourth-order valence-electron chi connectivity index (χ4n) is 2.66.